The molecule has 0 aliphatic heterocycles. The lowest BCUT2D eigenvalue weighted by molar-refractivity contribution is -0.671. The summed E-state index contributed by atoms with van der Waals surface area (Å²) in [5, 5.41) is 9.12. The number of nitrogens with zero attached hydrogens (tertiary/aromatic N) is 2. The first-order valence-electron chi connectivity index (χ1n) is 5.02. The first-order valence-corrected chi connectivity index (χ1v) is 5.02. The van der Waals surface area contributed by atoms with Gasteiger partial charge in [-0.05, 0) is 24.3 Å². The molecule has 4 heteroatoms. The molecule has 0 amide bonds. The highest BCUT2D eigenvalue weighted by molar-refractivity contribution is 5.81. The minimum atomic E-state index is 0. The Bertz CT molecular complexity index is 444. The lowest BCUT2D eigenvalue weighted by atomic mass is 10.3. The topological polar surface area (TPSA) is 36.5 Å². The number of aliphatic imine (C=N–C) groups is 1. The molecule has 1 aromatic carbocycles. The summed E-state index contributed by atoms with van der Waals surface area (Å²) in [6, 6.07) is 10.8. The molecule has 0 saturated heterocycles. The number of aryl methyl sites for hydroxylation is 1. The zero-order valence-electron chi connectivity index (χ0n) is 9.42. The maximum Gasteiger partial charge on any atom is 0.169 e. The van der Waals surface area contributed by atoms with Gasteiger partial charge in [-0.25, -0.2) is 4.57 Å². The van der Waals surface area contributed by atoms with E-state index in [1.54, 1.807) is 30.5 Å². The molecule has 3 nitrogen and oxygen atoms in total. The van der Waals surface area contributed by atoms with Crippen LogP contribution in [0.15, 0.2) is 53.8 Å². The molecule has 0 bridgehead atoms. The maximum atomic E-state index is 9.12. The third-order valence-electron chi connectivity index (χ3n) is 2.22. The van der Waals surface area contributed by atoms with Crippen molar-refractivity contribution in [1.29, 1.82) is 0 Å². The number of aromatic hydroxyl groups is 1. The number of halogens is 1. The lowest BCUT2D eigenvalue weighted by Crippen LogP contribution is -3.00. The van der Waals surface area contributed by atoms with E-state index in [1.165, 1.54) is 0 Å². The second kappa shape index (κ2) is 6.34. The number of hydrogen-bond donors (Lipinski definition) is 1. The summed E-state index contributed by atoms with van der Waals surface area (Å²) in [6.07, 6.45) is 5.74. The Labute approximate surface area is 117 Å². The average Bonchev–Trinajstić information content (AvgIpc) is 2.30. The Hall–Kier alpha value is -1.43. The van der Waals surface area contributed by atoms with Gasteiger partial charge in [-0.2, -0.15) is 0 Å². The van der Waals surface area contributed by atoms with Crippen LogP contribution in [0.25, 0.3) is 0 Å². The van der Waals surface area contributed by atoms with Crippen molar-refractivity contribution in [2.45, 2.75) is 0 Å². The molecule has 1 N–H and O–H groups in total. The molecule has 88 valence electrons. The lowest BCUT2D eigenvalue weighted by Gasteiger charge is -1.94. The van der Waals surface area contributed by atoms with Crippen molar-refractivity contribution in [3.63, 3.8) is 0 Å². The summed E-state index contributed by atoms with van der Waals surface area (Å²) in [7, 11) is 1.97. The van der Waals surface area contributed by atoms with Gasteiger partial charge in [-0.3, -0.25) is 4.99 Å². The van der Waals surface area contributed by atoms with Gasteiger partial charge in [0.15, 0.2) is 12.4 Å². The zero-order chi connectivity index (χ0) is 11.4. The van der Waals surface area contributed by atoms with E-state index in [0.29, 0.717) is 0 Å². The maximum absolute atomic E-state index is 9.12. The van der Waals surface area contributed by atoms with E-state index in [4.69, 9.17) is 5.11 Å². The smallest absolute Gasteiger partial charge is 0.169 e. The number of phenolic OH excluding ortho intramolecular Hbond substituents is 1. The highest BCUT2D eigenvalue weighted by atomic mass is 127. The van der Waals surface area contributed by atoms with E-state index >= 15 is 0 Å². The summed E-state index contributed by atoms with van der Waals surface area (Å²) < 4.78 is 1.97. The Balaban J connectivity index is 0.00000144. The van der Waals surface area contributed by atoms with Crippen molar-refractivity contribution in [2.75, 3.05) is 0 Å². The fraction of sp³-hybridized carbons (Fsp3) is 0.0769. The zero-order valence-corrected chi connectivity index (χ0v) is 11.6. The van der Waals surface area contributed by atoms with Crippen LogP contribution in [-0.4, -0.2) is 11.3 Å². The molecule has 1 heterocycles. The van der Waals surface area contributed by atoms with Gasteiger partial charge in [0, 0.05) is 23.9 Å². The van der Waals surface area contributed by atoms with Crippen LogP contribution in [0.1, 0.15) is 5.56 Å². The second-order valence-electron chi connectivity index (χ2n) is 3.57. The van der Waals surface area contributed by atoms with Crippen LogP contribution in [0.4, 0.5) is 5.69 Å². The predicted octanol–water partition coefficient (Wildman–Crippen LogP) is -1.03. The van der Waals surface area contributed by atoms with Crippen LogP contribution in [0.2, 0.25) is 0 Å². The fourth-order valence-corrected chi connectivity index (χ4v) is 1.29. The minimum Gasteiger partial charge on any atom is -1.00 e. The minimum absolute atomic E-state index is 0. The molecule has 1 aromatic heterocycles. The van der Waals surface area contributed by atoms with Gasteiger partial charge in [0.1, 0.15) is 12.8 Å². The molecular formula is C13H13IN2O. The van der Waals surface area contributed by atoms with Gasteiger partial charge in [0.2, 0.25) is 0 Å². The molecule has 0 aliphatic rings. The van der Waals surface area contributed by atoms with E-state index < -0.39 is 0 Å². The van der Waals surface area contributed by atoms with Gasteiger partial charge in [-0.15, -0.1) is 0 Å². The quantitative estimate of drug-likeness (QED) is 0.424. The predicted molar refractivity (Wildman–Crippen MR) is 63.0 cm³/mol. The van der Waals surface area contributed by atoms with Gasteiger partial charge < -0.3 is 29.1 Å². The summed E-state index contributed by atoms with van der Waals surface area (Å²) in [5.41, 5.74) is 1.87. The molecule has 0 unspecified atom stereocenters. The first kappa shape index (κ1) is 13.6. The van der Waals surface area contributed by atoms with Crippen LogP contribution in [0.3, 0.4) is 0 Å². The molecular weight excluding hydrogens is 327 g/mol. The Kier molecular flexibility index (Phi) is 5.09. The van der Waals surface area contributed by atoms with E-state index in [9.17, 15) is 0 Å². The van der Waals surface area contributed by atoms with Crippen molar-refractivity contribution < 1.29 is 33.7 Å². The van der Waals surface area contributed by atoms with E-state index in [1.807, 2.05) is 36.1 Å². The third-order valence-corrected chi connectivity index (χ3v) is 2.22. The number of aromatic nitrogens is 1. The molecule has 17 heavy (non-hydrogen) atoms. The number of benzene rings is 1. The molecule has 0 saturated carbocycles. The Morgan fingerprint density at radius 1 is 1.06 bits per heavy atom. The first-order chi connectivity index (χ1) is 7.74. The van der Waals surface area contributed by atoms with Crippen molar-refractivity contribution in [2.24, 2.45) is 12.0 Å². The van der Waals surface area contributed by atoms with E-state index in [-0.39, 0.29) is 29.7 Å². The van der Waals surface area contributed by atoms with Crippen LogP contribution in [0, 0.1) is 0 Å². The summed E-state index contributed by atoms with van der Waals surface area (Å²) in [6.45, 7) is 0. The normalized spacial score (nSPS) is 10.2. The second-order valence-corrected chi connectivity index (χ2v) is 3.57. The van der Waals surface area contributed by atoms with Crippen LogP contribution in [-0.2, 0) is 7.05 Å². The van der Waals surface area contributed by atoms with Crippen molar-refractivity contribution >= 4 is 11.9 Å². The molecule has 0 fully saturated rings. The highest BCUT2D eigenvalue weighted by Gasteiger charge is 1.93. The highest BCUT2D eigenvalue weighted by Crippen LogP contribution is 2.16. The van der Waals surface area contributed by atoms with E-state index in [0.717, 1.165) is 11.3 Å². The molecule has 0 atom stereocenters. The fourth-order valence-electron chi connectivity index (χ4n) is 1.29. The van der Waals surface area contributed by atoms with Gasteiger partial charge >= 0.3 is 0 Å². The number of rotatable bonds is 2. The van der Waals surface area contributed by atoms with E-state index in [2.05, 4.69) is 4.99 Å². The Morgan fingerprint density at radius 2 is 1.65 bits per heavy atom. The summed E-state index contributed by atoms with van der Waals surface area (Å²) in [5.74, 6) is 0.255. The largest absolute Gasteiger partial charge is 1.00 e. The average molecular weight is 340 g/mol. The molecule has 2 aromatic rings. The van der Waals surface area contributed by atoms with Crippen LogP contribution in [0.5, 0.6) is 5.75 Å². The third kappa shape index (κ3) is 4.14. The van der Waals surface area contributed by atoms with Gasteiger partial charge in [0.25, 0.3) is 0 Å². The molecule has 2 rings (SSSR count). The molecule has 0 spiro atoms. The van der Waals surface area contributed by atoms with Crippen molar-refractivity contribution in [3.8, 4) is 5.75 Å². The monoisotopic (exact) mass is 340 g/mol. The molecule has 0 radical (unpaired) electrons. The van der Waals surface area contributed by atoms with Crippen LogP contribution < -0.4 is 28.5 Å². The van der Waals surface area contributed by atoms with Gasteiger partial charge in [-0.1, -0.05) is 0 Å². The van der Waals surface area contributed by atoms with Crippen LogP contribution >= 0.6 is 0 Å². The summed E-state index contributed by atoms with van der Waals surface area (Å²) >= 11 is 0. The Morgan fingerprint density at radius 3 is 2.24 bits per heavy atom. The summed E-state index contributed by atoms with van der Waals surface area (Å²) in [4.78, 5) is 4.30. The number of phenols is 1. The molecule has 0 aliphatic carbocycles. The van der Waals surface area contributed by atoms with Gasteiger partial charge in [0.05, 0.1) is 5.69 Å². The SMILES string of the molecule is C[n+]1ccc(C=Nc2ccc(O)cc2)cc1.[I-]. The number of hydrogen-bond acceptors (Lipinski definition) is 2. The number of pyridine rings is 1. The standard InChI is InChI=1S/C13H12N2O.HI/c1-15-8-6-11(7-9-15)10-14-12-2-4-13(16)5-3-12;/h2-10H,1H3;1H. The van der Waals surface area contributed by atoms with Crippen molar-refractivity contribution in [1.82, 2.24) is 0 Å². The van der Waals surface area contributed by atoms with Crippen molar-refractivity contribution in [3.05, 3.63) is 54.4 Å².